The van der Waals surface area contributed by atoms with Crippen molar-refractivity contribution in [3.8, 4) is 0 Å². The summed E-state index contributed by atoms with van der Waals surface area (Å²) in [6.07, 6.45) is 4.71. The van der Waals surface area contributed by atoms with Crippen LogP contribution in [-0.2, 0) is 10.0 Å². The third-order valence-electron chi connectivity index (χ3n) is 2.69. The molecule has 0 atom stereocenters. The number of hydrogen-bond donors (Lipinski definition) is 0. The molecule has 2 aromatic rings. The summed E-state index contributed by atoms with van der Waals surface area (Å²) < 4.78 is 27.5. The van der Waals surface area contributed by atoms with Crippen molar-refractivity contribution in [2.45, 2.75) is 11.8 Å². The Labute approximate surface area is 119 Å². The molecular weight excluding hydrogens is 270 g/mol. The van der Waals surface area contributed by atoms with Gasteiger partial charge in [0.05, 0.1) is 4.90 Å². The van der Waals surface area contributed by atoms with Gasteiger partial charge in [-0.3, -0.25) is 0 Å². The minimum atomic E-state index is -3.61. The van der Waals surface area contributed by atoms with E-state index >= 15 is 0 Å². The smallest absolute Gasteiger partial charge is 0.199 e. The molecule has 102 valence electrons. The Hall–Kier alpha value is -2.20. The van der Waals surface area contributed by atoms with Crippen molar-refractivity contribution in [3.05, 3.63) is 71.8 Å². The zero-order valence-corrected chi connectivity index (χ0v) is 11.9. The molecule has 20 heavy (non-hydrogen) atoms. The van der Waals surface area contributed by atoms with Crippen LogP contribution in [0.2, 0.25) is 0 Å². The summed E-state index contributed by atoms with van der Waals surface area (Å²) in [6, 6.07) is 16.2. The van der Waals surface area contributed by atoms with Crippen LogP contribution in [0.1, 0.15) is 11.1 Å². The largest absolute Gasteiger partial charge is 0.282 e. The molecule has 0 amide bonds. The second-order valence-electron chi connectivity index (χ2n) is 4.31. The fourth-order valence-corrected chi connectivity index (χ4v) is 2.44. The highest BCUT2D eigenvalue weighted by Crippen LogP contribution is 2.12. The highest BCUT2D eigenvalue weighted by atomic mass is 32.2. The Morgan fingerprint density at radius 2 is 1.60 bits per heavy atom. The lowest BCUT2D eigenvalue weighted by molar-refractivity contribution is 0.598. The molecule has 0 aliphatic rings. The number of benzene rings is 2. The first kappa shape index (κ1) is 14.2. The highest BCUT2D eigenvalue weighted by Gasteiger charge is 2.09. The molecule has 4 heteroatoms. The Kier molecular flexibility index (Phi) is 4.48. The molecule has 0 saturated heterocycles. The van der Waals surface area contributed by atoms with Gasteiger partial charge < -0.3 is 0 Å². The first-order valence-corrected chi connectivity index (χ1v) is 7.61. The van der Waals surface area contributed by atoms with E-state index in [1.807, 2.05) is 37.3 Å². The van der Waals surface area contributed by atoms with Crippen LogP contribution in [0.5, 0.6) is 0 Å². The van der Waals surface area contributed by atoms with Crippen LogP contribution in [0.25, 0.3) is 6.08 Å². The third kappa shape index (κ3) is 3.90. The molecule has 0 radical (unpaired) electrons. The average Bonchev–Trinajstić information content (AvgIpc) is 2.45. The van der Waals surface area contributed by atoms with Crippen LogP contribution in [-0.4, -0.2) is 14.6 Å². The molecule has 0 spiro atoms. The van der Waals surface area contributed by atoms with Gasteiger partial charge in [-0.05, 0) is 30.7 Å². The molecule has 0 aliphatic carbocycles. The summed E-state index contributed by atoms with van der Waals surface area (Å²) in [5.41, 5.74) is 2.00. The molecular formula is C16H15NO2S. The summed E-state index contributed by atoms with van der Waals surface area (Å²) >= 11 is 0. The molecule has 0 fully saturated rings. The van der Waals surface area contributed by atoms with E-state index < -0.39 is 10.0 Å². The Bertz CT molecular complexity index is 715. The summed E-state index contributed by atoms with van der Waals surface area (Å²) in [4.78, 5) is 0.201. The number of rotatable bonds is 4. The summed E-state index contributed by atoms with van der Waals surface area (Å²) in [7, 11) is -3.61. The van der Waals surface area contributed by atoms with Crippen LogP contribution in [0, 0.1) is 6.92 Å². The molecule has 2 rings (SSSR count). The van der Waals surface area contributed by atoms with Crippen molar-refractivity contribution in [2.75, 3.05) is 0 Å². The Balaban J connectivity index is 2.10. The monoisotopic (exact) mass is 285 g/mol. The summed E-state index contributed by atoms with van der Waals surface area (Å²) in [5, 5.41) is 0. The van der Waals surface area contributed by atoms with Gasteiger partial charge in [-0.1, -0.05) is 54.1 Å². The van der Waals surface area contributed by atoms with E-state index in [4.69, 9.17) is 0 Å². The predicted molar refractivity (Wildman–Crippen MR) is 82.3 cm³/mol. The Morgan fingerprint density at radius 3 is 2.25 bits per heavy atom. The topological polar surface area (TPSA) is 46.5 Å². The Morgan fingerprint density at radius 1 is 0.950 bits per heavy atom. The number of allylic oxidation sites excluding steroid dienone is 1. The first-order chi connectivity index (χ1) is 9.58. The maximum Gasteiger partial charge on any atom is 0.282 e. The predicted octanol–water partition coefficient (Wildman–Crippen LogP) is 3.47. The van der Waals surface area contributed by atoms with Crippen LogP contribution < -0.4 is 0 Å². The van der Waals surface area contributed by atoms with E-state index in [0.717, 1.165) is 11.1 Å². The second-order valence-corrected chi connectivity index (χ2v) is 5.94. The van der Waals surface area contributed by atoms with E-state index in [-0.39, 0.29) is 4.90 Å². The van der Waals surface area contributed by atoms with E-state index in [1.54, 1.807) is 36.4 Å². The van der Waals surface area contributed by atoms with Crippen LogP contribution in [0.4, 0.5) is 0 Å². The SMILES string of the molecule is Cc1ccc(S(=O)(=O)N=CC=Cc2ccccc2)cc1. The molecule has 0 aliphatic heterocycles. The van der Waals surface area contributed by atoms with Gasteiger partial charge in [0.25, 0.3) is 10.0 Å². The lowest BCUT2D eigenvalue weighted by Crippen LogP contribution is -1.96. The van der Waals surface area contributed by atoms with Crippen molar-refractivity contribution in [1.82, 2.24) is 0 Å². The van der Waals surface area contributed by atoms with Crippen molar-refractivity contribution in [2.24, 2.45) is 4.40 Å². The van der Waals surface area contributed by atoms with Crippen molar-refractivity contribution >= 4 is 22.3 Å². The number of sulfonamides is 1. The van der Waals surface area contributed by atoms with E-state index in [1.165, 1.54) is 6.21 Å². The number of hydrogen-bond acceptors (Lipinski definition) is 2. The first-order valence-electron chi connectivity index (χ1n) is 6.17. The zero-order valence-electron chi connectivity index (χ0n) is 11.1. The van der Waals surface area contributed by atoms with Gasteiger partial charge in [-0.25, -0.2) is 0 Å². The molecule has 3 nitrogen and oxygen atoms in total. The standard InChI is InChI=1S/C16H15NO2S/c1-14-9-11-16(12-10-14)20(18,19)17-13-5-8-15-6-3-2-4-7-15/h2-13H,1H3. The highest BCUT2D eigenvalue weighted by molar-refractivity contribution is 7.90. The molecule has 0 saturated carbocycles. The fourth-order valence-electron chi connectivity index (χ4n) is 1.60. The summed E-state index contributed by atoms with van der Waals surface area (Å²) in [6.45, 7) is 1.91. The van der Waals surface area contributed by atoms with Crippen LogP contribution in [0.3, 0.4) is 0 Å². The number of aryl methyl sites for hydroxylation is 1. The second kappa shape index (κ2) is 6.30. The third-order valence-corrected chi connectivity index (χ3v) is 3.96. The van der Waals surface area contributed by atoms with Gasteiger partial charge in [-0.2, -0.15) is 12.8 Å². The van der Waals surface area contributed by atoms with E-state index in [9.17, 15) is 8.42 Å². The van der Waals surface area contributed by atoms with Crippen molar-refractivity contribution in [1.29, 1.82) is 0 Å². The fraction of sp³-hybridized carbons (Fsp3) is 0.0625. The van der Waals surface area contributed by atoms with E-state index in [2.05, 4.69) is 4.40 Å². The van der Waals surface area contributed by atoms with Crippen molar-refractivity contribution < 1.29 is 8.42 Å². The van der Waals surface area contributed by atoms with Gasteiger partial charge >= 0.3 is 0 Å². The van der Waals surface area contributed by atoms with Gasteiger partial charge in [0.1, 0.15) is 0 Å². The van der Waals surface area contributed by atoms with Gasteiger partial charge in [0.15, 0.2) is 0 Å². The quantitative estimate of drug-likeness (QED) is 0.807. The lowest BCUT2D eigenvalue weighted by Gasteiger charge is -1.98. The van der Waals surface area contributed by atoms with Crippen LogP contribution >= 0.6 is 0 Å². The molecule has 0 bridgehead atoms. The zero-order chi connectivity index (χ0) is 14.4. The average molecular weight is 285 g/mol. The summed E-state index contributed by atoms with van der Waals surface area (Å²) in [5.74, 6) is 0. The van der Waals surface area contributed by atoms with Crippen LogP contribution in [0.15, 0.2) is 70.0 Å². The molecule has 0 N–H and O–H groups in total. The normalized spacial score (nSPS) is 12.2. The maximum absolute atomic E-state index is 11.9. The molecule has 0 heterocycles. The molecule has 2 aromatic carbocycles. The minimum absolute atomic E-state index is 0.201. The van der Waals surface area contributed by atoms with Gasteiger partial charge in [0, 0.05) is 6.21 Å². The maximum atomic E-state index is 11.9. The van der Waals surface area contributed by atoms with Gasteiger partial charge in [-0.15, -0.1) is 0 Å². The van der Waals surface area contributed by atoms with Crippen molar-refractivity contribution in [3.63, 3.8) is 0 Å². The lowest BCUT2D eigenvalue weighted by atomic mass is 10.2. The van der Waals surface area contributed by atoms with Gasteiger partial charge in [0.2, 0.25) is 0 Å². The minimum Gasteiger partial charge on any atom is -0.199 e. The molecule has 0 aromatic heterocycles. The van der Waals surface area contributed by atoms with E-state index in [0.29, 0.717) is 0 Å². The molecule has 0 unspecified atom stereocenters. The number of nitrogens with zero attached hydrogens (tertiary/aromatic N) is 1.